The molecule has 0 bridgehead atoms. The summed E-state index contributed by atoms with van der Waals surface area (Å²) >= 11 is 5.78. The monoisotopic (exact) mass is 214 g/mol. The van der Waals surface area contributed by atoms with E-state index in [1.807, 2.05) is 0 Å². The molecule has 0 spiro atoms. The Morgan fingerprint density at radius 2 is 1.93 bits per heavy atom. The fourth-order valence-corrected chi connectivity index (χ4v) is 1.34. The summed E-state index contributed by atoms with van der Waals surface area (Å²) in [5.74, 6) is 0.951. The van der Waals surface area contributed by atoms with E-state index in [2.05, 4.69) is 16.9 Å². The van der Waals surface area contributed by atoms with Gasteiger partial charge in [-0.05, 0) is 6.42 Å². The van der Waals surface area contributed by atoms with E-state index in [0.717, 1.165) is 25.7 Å². The largest absolute Gasteiger partial charge is 0.393 e. The molecule has 78 valence electrons. The van der Waals surface area contributed by atoms with Crippen LogP contribution in [0.25, 0.3) is 0 Å². The van der Waals surface area contributed by atoms with Crippen molar-refractivity contribution in [2.45, 2.75) is 32.6 Å². The second-order valence-corrected chi connectivity index (χ2v) is 3.54. The quantitative estimate of drug-likeness (QED) is 0.594. The molecule has 1 heterocycles. The lowest BCUT2D eigenvalue weighted by Crippen LogP contribution is -2.05. The van der Waals surface area contributed by atoms with E-state index in [0.29, 0.717) is 5.82 Å². The van der Waals surface area contributed by atoms with E-state index in [-0.39, 0.29) is 16.7 Å². The first-order valence-corrected chi connectivity index (χ1v) is 5.10. The van der Waals surface area contributed by atoms with Crippen molar-refractivity contribution in [1.29, 1.82) is 0 Å². The summed E-state index contributed by atoms with van der Waals surface area (Å²) in [5, 5.41) is 0.254. The first-order valence-electron chi connectivity index (χ1n) is 4.72. The Kier molecular flexibility index (Phi) is 3.95. The summed E-state index contributed by atoms with van der Waals surface area (Å²) in [6.07, 6.45) is 4.18. The minimum Gasteiger partial charge on any atom is -0.393 e. The first-order chi connectivity index (χ1) is 6.65. The molecule has 4 nitrogen and oxygen atoms in total. The average Bonchev–Trinajstić information content (AvgIpc) is 2.14. The van der Waals surface area contributed by atoms with Gasteiger partial charge < -0.3 is 11.5 Å². The van der Waals surface area contributed by atoms with Crippen molar-refractivity contribution in [1.82, 2.24) is 9.97 Å². The third-order valence-electron chi connectivity index (χ3n) is 1.98. The Morgan fingerprint density at radius 1 is 1.21 bits per heavy atom. The third-order valence-corrected chi connectivity index (χ3v) is 2.27. The highest BCUT2D eigenvalue weighted by Crippen LogP contribution is 2.21. The molecule has 5 heteroatoms. The van der Waals surface area contributed by atoms with Gasteiger partial charge in [0.15, 0.2) is 11.0 Å². The molecule has 0 saturated heterocycles. The predicted octanol–water partition coefficient (Wildman–Crippen LogP) is 2.03. The Balaban J connectivity index is 2.69. The normalized spacial score (nSPS) is 10.4. The van der Waals surface area contributed by atoms with Gasteiger partial charge in [-0.1, -0.05) is 31.4 Å². The summed E-state index contributed by atoms with van der Waals surface area (Å²) in [5.41, 5.74) is 11.4. The van der Waals surface area contributed by atoms with Crippen molar-refractivity contribution in [2.24, 2.45) is 0 Å². The maximum atomic E-state index is 5.78. The molecule has 0 saturated carbocycles. The van der Waals surface area contributed by atoms with Gasteiger partial charge in [0.1, 0.15) is 11.5 Å². The van der Waals surface area contributed by atoms with Crippen LogP contribution in [0, 0.1) is 0 Å². The van der Waals surface area contributed by atoms with E-state index < -0.39 is 0 Å². The second kappa shape index (κ2) is 5.00. The highest BCUT2D eigenvalue weighted by atomic mass is 35.5. The Labute approximate surface area is 88.7 Å². The van der Waals surface area contributed by atoms with Crippen LogP contribution in [0.4, 0.5) is 11.5 Å². The zero-order valence-electron chi connectivity index (χ0n) is 8.26. The van der Waals surface area contributed by atoms with Gasteiger partial charge in [-0.2, -0.15) is 0 Å². The minimum absolute atomic E-state index is 0.254. The highest BCUT2D eigenvalue weighted by Gasteiger charge is 2.06. The van der Waals surface area contributed by atoms with E-state index >= 15 is 0 Å². The van der Waals surface area contributed by atoms with Crippen LogP contribution in [0.3, 0.4) is 0 Å². The number of aryl methyl sites for hydroxylation is 1. The van der Waals surface area contributed by atoms with E-state index in [9.17, 15) is 0 Å². The average molecular weight is 215 g/mol. The van der Waals surface area contributed by atoms with Gasteiger partial charge in [0.05, 0.1) is 0 Å². The van der Waals surface area contributed by atoms with E-state index in [1.54, 1.807) is 0 Å². The molecule has 0 aromatic carbocycles. The number of anilines is 2. The number of nitrogen functional groups attached to an aromatic ring is 2. The third kappa shape index (κ3) is 2.73. The molecule has 0 atom stereocenters. The molecule has 0 aliphatic heterocycles. The van der Waals surface area contributed by atoms with Crippen LogP contribution >= 0.6 is 11.6 Å². The number of nitrogens with two attached hydrogens (primary N) is 2. The lowest BCUT2D eigenvalue weighted by molar-refractivity contribution is 0.694. The molecule has 0 aliphatic rings. The van der Waals surface area contributed by atoms with Gasteiger partial charge in [-0.3, -0.25) is 0 Å². The van der Waals surface area contributed by atoms with Crippen molar-refractivity contribution < 1.29 is 0 Å². The molecule has 1 rings (SSSR count). The summed E-state index contributed by atoms with van der Waals surface area (Å²) < 4.78 is 0. The molecule has 14 heavy (non-hydrogen) atoms. The van der Waals surface area contributed by atoms with Gasteiger partial charge in [0, 0.05) is 6.42 Å². The number of unbranched alkanes of at least 4 members (excludes halogenated alkanes) is 2. The molecule has 1 aromatic heterocycles. The molecule has 0 radical (unpaired) electrons. The van der Waals surface area contributed by atoms with Crippen molar-refractivity contribution >= 4 is 23.1 Å². The summed E-state index contributed by atoms with van der Waals surface area (Å²) in [7, 11) is 0. The molecular formula is C9H15ClN4. The van der Waals surface area contributed by atoms with Crippen LogP contribution in [-0.2, 0) is 6.42 Å². The Morgan fingerprint density at radius 3 is 2.50 bits per heavy atom. The van der Waals surface area contributed by atoms with Gasteiger partial charge in [0.25, 0.3) is 0 Å². The number of hydrogen-bond acceptors (Lipinski definition) is 4. The number of aromatic nitrogens is 2. The summed E-state index contributed by atoms with van der Waals surface area (Å²) in [6.45, 7) is 2.14. The van der Waals surface area contributed by atoms with Crippen LogP contribution < -0.4 is 11.5 Å². The van der Waals surface area contributed by atoms with Crippen molar-refractivity contribution in [3.63, 3.8) is 0 Å². The molecule has 4 N–H and O–H groups in total. The molecule has 0 aliphatic carbocycles. The summed E-state index contributed by atoms with van der Waals surface area (Å²) in [4.78, 5) is 8.12. The Hall–Kier alpha value is -1.03. The van der Waals surface area contributed by atoms with Gasteiger partial charge >= 0.3 is 0 Å². The highest BCUT2D eigenvalue weighted by molar-refractivity contribution is 6.32. The lowest BCUT2D eigenvalue weighted by Gasteiger charge is -2.04. The number of hydrogen-bond donors (Lipinski definition) is 2. The van der Waals surface area contributed by atoms with E-state index in [1.165, 1.54) is 0 Å². The molecular weight excluding hydrogens is 200 g/mol. The molecule has 0 amide bonds. The van der Waals surface area contributed by atoms with E-state index in [4.69, 9.17) is 23.1 Å². The van der Waals surface area contributed by atoms with Crippen LogP contribution in [0.15, 0.2) is 0 Å². The fraction of sp³-hybridized carbons (Fsp3) is 0.556. The molecule has 0 unspecified atom stereocenters. The smallest absolute Gasteiger partial charge is 0.157 e. The second-order valence-electron chi connectivity index (χ2n) is 3.19. The zero-order chi connectivity index (χ0) is 10.6. The fourth-order valence-electron chi connectivity index (χ4n) is 1.15. The van der Waals surface area contributed by atoms with Crippen LogP contribution in [0.2, 0.25) is 5.15 Å². The number of nitrogens with zero attached hydrogens (tertiary/aromatic N) is 2. The zero-order valence-corrected chi connectivity index (χ0v) is 9.01. The van der Waals surface area contributed by atoms with Gasteiger partial charge in [0.2, 0.25) is 0 Å². The topological polar surface area (TPSA) is 77.8 Å². The van der Waals surface area contributed by atoms with Crippen LogP contribution in [0.5, 0.6) is 0 Å². The van der Waals surface area contributed by atoms with Crippen molar-refractivity contribution in [3.8, 4) is 0 Å². The maximum Gasteiger partial charge on any atom is 0.157 e. The standard InChI is InChI=1S/C9H15ClN4/c1-2-3-4-5-6-13-8(10)7(11)9(12)14-6/h2-5,11H2,1H3,(H2,12,13,14). The van der Waals surface area contributed by atoms with Crippen molar-refractivity contribution in [2.75, 3.05) is 11.5 Å². The number of rotatable bonds is 4. The SMILES string of the molecule is CCCCCc1nc(N)c(N)c(Cl)n1. The van der Waals surface area contributed by atoms with Crippen LogP contribution in [0.1, 0.15) is 32.0 Å². The summed E-state index contributed by atoms with van der Waals surface area (Å²) in [6, 6.07) is 0. The van der Waals surface area contributed by atoms with Gasteiger partial charge in [-0.15, -0.1) is 0 Å². The number of halogens is 1. The maximum absolute atomic E-state index is 5.78. The van der Waals surface area contributed by atoms with Crippen molar-refractivity contribution in [3.05, 3.63) is 11.0 Å². The predicted molar refractivity (Wildman–Crippen MR) is 59.1 cm³/mol. The first kappa shape index (κ1) is 11.0. The van der Waals surface area contributed by atoms with Gasteiger partial charge in [-0.25, -0.2) is 9.97 Å². The molecule has 0 fully saturated rings. The Bertz CT molecular complexity index is 291. The lowest BCUT2D eigenvalue weighted by atomic mass is 10.2. The molecule has 1 aromatic rings. The van der Waals surface area contributed by atoms with Crippen LogP contribution in [-0.4, -0.2) is 9.97 Å². The minimum atomic E-state index is 0.254.